The molecular weight excluding hydrogens is 370 g/mol. The first-order valence-electron chi connectivity index (χ1n) is 6.94. The van der Waals surface area contributed by atoms with Crippen molar-refractivity contribution in [2.45, 2.75) is 17.5 Å². The van der Waals surface area contributed by atoms with Crippen LogP contribution in [0.15, 0.2) is 22.0 Å². The van der Waals surface area contributed by atoms with E-state index in [0.717, 1.165) is 11.3 Å². The number of anilines is 1. The summed E-state index contributed by atoms with van der Waals surface area (Å²) < 4.78 is 0. The number of thiazole rings is 1. The number of amides is 2. The zero-order chi connectivity index (χ0) is 18.1. The van der Waals surface area contributed by atoms with Crippen molar-refractivity contribution < 1.29 is 24.3 Å². The fourth-order valence-corrected chi connectivity index (χ4v) is 4.11. The van der Waals surface area contributed by atoms with E-state index in [1.165, 1.54) is 29.8 Å². The van der Waals surface area contributed by atoms with Crippen molar-refractivity contribution in [3.63, 3.8) is 0 Å². The Morgan fingerprint density at radius 3 is 2.88 bits per heavy atom. The zero-order valence-corrected chi connectivity index (χ0v) is 14.4. The number of aliphatic carboxylic acids is 1. The molecule has 0 spiro atoms. The monoisotopic (exact) mass is 383 g/mol. The van der Waals surface area contributed by atoms with Crippen molar-refractivity contribution in [3.05, 3.63) is 22.6 Å². The molecule has 2 amide bonds. The molecule has 1 fully saturated rings. The van der Waals surface area contributed by atoms with Gasteiger partial charge in [0.2, 0.25) is 5.91 Å². The van der Waals surface area contributed by atoms with E-state index in [-0.39, 0.29) is 16.5 Å². The van der Waals surface area contributed by atoms with Crippen molar-refractivity contribution >= 4 is 51.7 Å². The second-order valence-corrected chi connectivity index (χ2v) is 6.95. The lowest BCUT2D eigenvalue weighted by Gasteiger charge is -2.49. The Morgan fingerprint density at radius 1 is 1.52 bits per heavy atom. The first-order valence-corrected chi connectivity index (χ1v) is 8.76. The molecule has 10 nitrogen and oxygen atoms in total. The Kier molecular flexibility index (Phi) is 4.63. The first-order chi connectivity index (χ1) is 11.9. The van der Waals surface area contributed by atoms with Gasteiger partial charge in [0.05, 0.1) is 0 Å². The number of oxime groups is 1. The first kappa shape index (κ1) is 17.2. The molecule has 0 aromatic carbocycles. The Morgan fingerprint density at radius 2 is 2.28 bits per heavy atom. The smallest absolute Gasteiger partial charge is 0.330 e. The van der Waals surface area contributed by atoms with E-state index in [4.69, 9.17) is 10.8 Å². The van der Waals surface area contributed by atoms with E-state index in [0.29, 0.717) is 0 Å². The molecule has 0 saturated carbocycles. The molecule has 1 aromatic rings. The van der Waals surface area contributed by atoms with Gasteiger partial charge in [0, 0.05) is 5.38 Å². The van der Waals surface area contributed by atoms with Crippen LogP contribution in [0.4, 0.5) is 5.13 Å². The minimum absolute atomic E-state index is 0.118. The quantitative estimate of drug-likeness (QED) is 0.348. The van der Waals surface area contributed by atoms with Crippen LogP contribution in [0.2, 0.25) is 0 Å². The number of carboxylic acid groups (broad SMARTS) is 1. The standard InChI is InChI=1S/C13H13N5O5S2/c1-23-17-7(5-4-25-13(14)15-5)9(19)16-8-10(20)18-6(12(21)22)2-3-24-11(8)18/h2-4,6,8,11H,1H3,(H2,14,15)(H,16,19)(H,21,22)/b17-7+. The number of carboxylic acids is 1. The maximum Gasteiger partial charge on any atom is 0.330 e. The van der Waals surface area contributed by atoms with Gasteiger partial charge in [-0.1, -0.05) is 5.16 Å². The third-order valence-corrected chi connectivity index (χ3v) is 5.33. The van der Waals surface area contributed by atoms with E-state index >= 15 is 0 Å². The van der Waals surface area contributed by atoms with Crippen molar-refractivity contribution in [1.29, 1.82) is 0 Å². The van der Waals surface area contributed by atoms with Crippen LogP contribution >= 0.6 is 23.1 Å². The minimum atomic E-state index is -1.13. The number of thioether (sulfide) groups is 1. The molecule has 4 N–H and O–H groups in total. The van der Waals surface area contributed by atoms with Gasteiger partial charge in [-0.05, 0) is 11.5 Å². The minimum Gasteiger partial charge on any atom is -0.479 e. The van der Waals surface area contributed by atoms with Crippen LogP contribution in [-0.2, 0) is 19.2 Å². The lowest BCUT2D eigenvalue weighted by Crippen LogP contribution is -2.73. The summed E-state index contributed by atoms with van der Waals surface area (Å²) in [6.45, 7) is 0. The number of rotatable bonds is 5. The summed E-state index contributed by atoms with van der Waals surface area (Å²) in [5.74, 6) is -2.26. The molecule has 0 aliphatic carbocycles. The number of nitrogens with one attached hydrogen (secondary N) is 1. The second kappa shape index (κ2) is 6.72. The number of carbonyl (C=O) groups is 3. The molecule has 1 aromatic heterocycles. The number of nitrogen functional groups attached to an aromatic ring is 1. The summed E-state index contributed by atoms with van der Waals surface area (Å²) in [5, 5.41) is 18.3. The summed E-state index contributed by atoms with van der Waals surface area (Å²) in [7, 11) is 1.28. The second-order valence-electron chi connectivity index (χ2n) is 5.03. The van der Waals surface area contributed by atoms with Gasteiger partial charge in [-0.25, -0.2) is 9.78 Å². The van der Waals surface area contributed by atoms with Crippen molar-refractivity contribution in [3.8, 4) is 0 Å². The summed E-state index contributed by atoms with van der Waals surface area (Å²) >= 11 is 2.39. The molecule has 12 heteroatoms. The molecule has 1 saturated heterocycles. The number of β-lactam (4-membered cyclic amide) rings is 1. The molecule has 3 rings (SSSR count). The predicted molar refractivity (Wildman–Crippen MR) is 90.8 cm³/mol. The van der Waals surface area contributed by atoms with Crippen LogP contribution in [-0.4, -0.2) is 63.1 Å². The Labute approximate surface area is 149 Å². The lowest BCUT2D eigenvalue weighted by molar-refractivity contribution is -0.159. The molecule has 3 heterocycles. The van der Waals surface area contributed by atoms with E-state index < -0.39 is 35.2 Å². The highest BCUT2D eigenvalue weighted by molar-refractivity contribution is 8.02. The van der Waals surface area contributed by atoms with Gasteiger partial charge in [0.1, 0.15) is 30.3 Å². The molecule has 3 atom stereocenters. The van der Waals surface area contributed by atoms with E-state index in [1.54, 1.807) is 10.8 Å². The molecule has 132 valence electrons. The molecular formula is C13H13N5O5S2. The van der Waals surface area contributed by atoms with Gasteiger partial charge in [0.25, 0.3) is 5.91 Å². The number of nitrogens with two attached hydrogens (primary N) is 1. The normalized spacial score (nSPS) is 25.2. The highest BCUT2D eigenvalue weighted by Crippen LogP contribution is 2.37. The Bertz CT molecular complexity index is 792. The van der Waals surface area contributed by atoms with Crippen LogP contribution in [0.5, 0.6) is 0 Å². The van der Waals surface area contributed by atoms with Crippen molar-refractivity contribution in [2.24, 2.45) is 5.16 Å². The van der Waals surface area contributed by atoms with Crippen LogP contribution < -0.4 is 11.1 Å². The van der Waals surface area contributed by atoms with Crippen molar-refractivity contribution in [2.75, 3.05) is 12.8 Å². The summed E-state index contributed by atoms with van der Waals surface area (Å²) in [6, 6.07) is -1.89. The number of nitrogens with zero attached hydrogens (tertiary/aromatic N) is 3. The van der Waals surface area contributed by atoms with Gasteiger partial charge in [-0.2, -0.15) is 0 Å². The van der Waals surface area contributed by atoms with Crippen LogP contribution in [0.1, 0.15) is 5.69 Å². The fourth-order valence-electron chi connectivity index (χ4n) is 2.46. The third kappa shape index (κ3) is 3.05. The van der Waals surface area contributed by atoms with Crippen molar-refractivity contribution in [1.82, 2.24) is 15.2 Å². The summed E-state index contributed by atoms with van der Waals surface area (Å²) in [4.78, 5) is 45.8. The number of aromatic nitrogens is 1. The zero-order valence-electron chi connectivity index (χ0n) is 12.8. The average molecular weight is 383 g/mol. The number of hydrogen-bond donors (Lipinski definition) is 3. The maximum atomic E-state index is 12.5. The molecule has 0 bridgehead atoms. The fraction of sp³-hybridized carbons (Fsp3) is 0.308. The highest BCUT2D eigenvalue weighted by atomic mass is 32.2. The SMILES string of the molecule is CO/N=C(/C(=O)NC1C(=O)N2C(C(=O)O)C=CSC12)c1csc(N)n1. The molecule has 0 radical (unpaired) electrons. The summed E-state index contributed by atoms with van der Waals surface area (Å²) in [6.07, 6.45) is 1.43. The van der Waals surface area contributed by atoms with Gasteiger partial charge >= 0.3 is 5.97 Å². The molecule has 2 aliphatic rings. The van der Waals surface area contributed by atoms with E-state index in [9.17, 15) is 14.4 Å². The number of carbonyl (C=O) groups excluding carboxylic acids is 2. The van der Waals surface area contributed by atoms with Crippen LogP contribution in [0.3, 0.4) is 0 Å². The molecule has 25 heavy (non-hydrogen) atoms. The van der Waals surface area contributed by atoms with Gasteiger partial charge < -0.3 is 25.9 Å². The third-order valence-electron chi connectivity index (χ3n) is 3.56. The lowest BCUT2D eigenvalue weighted by atomic mass is 10.0. The van der Waals surface area contributed by atoms with Gasteiger partial charge in [-0.15, -0.1) is 23.1 Å². The van der Waals surface area contributed by atoms with Crippen LogP contribution in [0.25, 0.3) is 0 Å². The van der Waals surface area contributed by atoms with E-state index in [1.807, 2.05) is 0 Å². The molecule has 3 unspecified atom stereocenters. The highest BCUT2D eigenvalue weighted by Gasteiger charge is 2.54. The Balaban J connectivity index is 1.75. The number of fused-ring (bicyclic) bond motifs is 1. The van der Waals surface area contributed by atoms with Gasteiger partial charge in [-0.3, -0.25) is 9.59 Å². The van der Waals surface area contributed by atoms with Crippen LogP contribution in [0, 0.1) is 0 Å². The predicted octanol–water partition coefficient (Wildman–Crippen LogP) is -0.557. The van der Waals surface area contributed by atoms with E-state index in [2.05, 4.69) is 20.3 Å². The summed E-state index contributed by atoms with van der Waals surface area (Å²) in [5.41, 5.74) is 5.67. The maximum absolute atomic E-state index is 12.5. The molecule has 2 aliphatic heterocycles. The van der Waals surface area contributed by atoms with Gasteiger partial charge in [0.15, 0.2) is 10.8 Å². The Hall–Kier alpha value is -2.60. The topological polar surface area (TPSA) is 147 Å². The largest absolute Gasteiger partial charge is 0.479 e. The number of hydrogen-bond acceptors (Lipinski definition) is 9. The average Bonchev–Trinajstić information content (AvgIpc) is 3.02.